The minimum absolute atomic E-state index is 0.401. The zero-order valence-electron chi connectivity index (χ0n) is 27.1. The van der Waals surface area contributed by atoms with Crippen molar-refractivity contribution in [2.24, 2.45) is 0 Å². The molecule has 0 radical (unpaired) electrons. The Labute approximate surface area is 296 Å². The van der Waals surface area contributed by atoms with Crippen LogP contribution in [0.3, 0.4) is 0 Å². The van der Waals surface area contributed by atoms with Crippen molar-refractivity contribution in [1.82, 2.24) is 9.97 Å². The number of hydrogen-bond donors (Lipinski definition) is 0. The minimum atomic E-state index is -0.401. The van der Waals surface area contributed by atoms with Gasteiger partial charge in [-0.3, -0.25) is 0 Å². The van der Waals surface area contributed by atoms with E-state index in [1.165, 1.54) is 54.3 Å². The lowest BCUT2D eigenvalue weighted by Gasteiger charge is -2.39. The number of rotatable bonds is 4. The third-order valence-electron chi connectivity index (χ3n) is 10.2. The molecule has 0 fully saturated rings. The summed E-state index contributed by atoms with van der Waals surface area (Å²) in [6.07, 6.45) is 0. The molecule has 10 rings (SSSR count). The molecule has 1 aliphatic heterocycles. The van der Waals surface area contributed by atoms with Crippen molar-refractivity contribution in [3.63, 3.8) is 0 Å². The fourth-order valence-corrected chi connectivity index (χ4v) is 9.18. The lowest BCUT2D eigenvalue weighted by atomic mass is 9.67. The molecule has 2 aliphatic rings. The highest BCUT2D eigenvalue weighted by Gasteiger charge is 2.50. The highest BCUT2D eigenvalue weighted by atomic mass is 32.2. The Morgan fingerprint density at radius 3 is 1.46 bits per heavy atom. The Hall–Kier alpha value is -6.03. The van der Waals surface area contributed by atoms with Crippen molar-refractivity contribution in [3.8, 4) is 56.2 Å². The van der Waals surface area contributed by atoms with Crippen LogP contribution in [0.5, 0.6) is 0 Å². The standard InChI is InChI=1S/C47H30N2S/c1-3-13-31(14-4-1)32-23-25-34(26-24-32)43-30-42(33-15-5-2-6-16-33)48-46(49-43)35-27-28-41-45(29-35)50-44-22-12-11-21-40(44)47(41)38-19-9-7-17-36(38)37-18-8-10-20-39(37)47/h1-30H. The average Bonchev–Trinajstić information content (AvgIpc) is 3.49. The van der Waals surface area contributed by atoms with E-state index in [0.717, 1.165) is 33.9 Å². The summed E-state index contributed by atoms with van der Waals surface area (Å²) in [5.74, 6) is 0.719. The summed E-state index contributed by atoms with van der Waals surface area (Å²) < 4.78 is 0. The van der Waals surface area contributed by atoms with E-state index in [-0.39, 0.29) is 0 Å². The predicted octanol–water partition coefficient (Wildman–Crippen LogP) is 12.0. The van der Waals surface area contributed by atoms with Crippen LogP contribution in [-0.4, -0.2) is 9.97 Å². The van der Waals surface area contributed by atoms with Crippen molar-refractivity contribution in [3.05, 3.63) is 204 Å². The van der Waals surface area contributed by atoms with Crippen molar-refractivity contribution in [2.45, 2.75) is 15.2 Å². The van der Waals surface area contributed by atoms with Crippen LogP contribution in [0, 0.1) is 0 Å². The minimum Gasteiger partial charge on any atom is -0.228 e. The van der Waals surface area contributed by atoms with Gasteiger partial charge in [0.2, 0.25) is 0 Å². The Balaban J connectivity index is 1.15. The molecule has 1 spiro atoms. The first-order chi connectivity index (χ1) is 24.8. The maximum atomic E-state index is 5.24. The Morgan fingerprint density at radius 1 is 0.340 bits per heavy atom. The lowest BCUT2D eigenvalue weighted by Crippen LogP contribution is -2.31. The fourth-order valence-electron chi connectivity index (χ4n) is 7.95. The van der Waals surface area contributed by atoms with Gasteiger partial charge in [0, 0.05) is 26.5 Å². The normalized spacial score (nSPS) is 13.3. The topological polar surface area (TPSA) is 25.8 Å². The Kier molecular flexibility index (Phi) is 6.68. The SMILES string of the molecule is c1ccc(-c2ccc(-c3cc(-c4ccccc4)nc(-c4ccc5c(c4)Sc4ccccc4C54c5ccccc5-c5ccccc54)n3)cc2)cc1. The number of fused-ring (bicyclic) bond motifs is 9. The van der Waals surface area contributed by atoms with E-state index in [9.17, 15) is 0 Å². The van der Waals surface area contributed by atoms with E-state index >= 15 is 0 Å². The maximum absolute atomic E-state index is 5.24. The van der Waals surface area contributed by atoms with Gasteiger partial charge < -0.3 is 0 Å². The summed E-state index contributed by atoms with van der Waals surface area (Å²) in [5.41, 5.74) is 14.9. The molecule has 0 atom stereocenters. The molecule has 1 aromatic heterocycles. The molecule has 0 bridgehead atoms. The van der Waals surface area contributed by atoms with E-state index in [4.69, 9.17) is 9.97 Å². The molecular weight excluding hydrogens is 625 g/mol. The molecule has 0 N–H and O–H groups in total. The largest absolute Gasteiger partial charge is 0.228 e. The molecule has 234 valence electrons. The Morgan fingerprint density at radius 2 is 0.800 bits per heavy atom. The van der Waals surface area contributed by atoms with Gasteiger partial charge in [0.05, 0.1) is 16.8 Å². The third kappa shape index (κ3) is 4.44. The van der Waals surface area contributed by atoms with Gasteiger partial charge in [-0.25, -0.2) is 9.97 Å². The molecule has 1 aliphatic carbocycles. The molecule has 3 heteroatoms. The predicted molar refractivity (Wildman–Crippen MR) is 205 cm³/mol. The highest BCUT2D eigenvalue weighted by Crippen LogP contribution is 2.62. The van der Waals surface area contributed by atoms with E-state index in [1.807, 2.05) is 17.8 Å². The van der Waals surface area contributed by atoms with Crippen molar-refractivity contribution in [1.29, 1.82) is 0 Å². The summed E-state index contributed by atoms with van der Waals surface area (Å²) in [4.78, 5) is 12.9. The van der Waals surface area contributed by atoms with Crippen molar-refractivity contribution >= 4 is 11.8 Å². The van der Waals surface area contributed by atoms with E-state index in [0.29, 0.717) is 0 Å². The van der Waals surface area contributed by atoms with Gasteiger partial charge in [-0.15, -0.1) is 0 Å². The number of nitrogens with zero attached hydrogens (tertiary/aromatic N) is 2. The Bertz CT molecular complexity index is 2510. The molecule has 0 saturated heterocycles. The van der Waals surface area contributed by atoms with Crippen LogP contribution in [0.2, 0.25) is 0 Å². The van der Waals surface area contributed by atoms with Crippen LogP contribution in [0.25, 0.3) is 56.2 Å². The molecule has 0 saturated carbocycles. The van der Waals surface area contributed by atoms with Gasteiger partial charge >= 0.3 is 0 Å². The zero-order chi connectivity index (χ0) is 33.1. The van der Waals surface area contributed by atoms with Gasteiger partial charge in [0.15, 0.2) is 5.82 Å². The molecule has 2 nitrogen and oxygen atoms in total. The smallest absolute Gasteiger partial charge is 0.160 e. The lowest BCUT2D eigenvalue weighted by molar-refractivity contribution is 0.722. The first kappa shape index (κ1) is 28.9. The maximum Gasteiger partial charge on any atom is 0.160 e. The average molecular weight is 655 g/mol. The van der Waals surface area contributed by atoms with Gasteiger partial charge in [0.1, 0.15) is 0 Å². The van der Waals surface area contributed by atoms with Crippen molar-refractivity contribution in [2.75, 3.05) is 0 Å². The monoisotopic (exact) mass is 654 g/mol. The van der Waals surface area contributed by atoms with Crippen LogP contribution < -0.4 is 0 Å². The second kappa shape index (κ2) is 11.5. The quantitative estimate of drug-likeness (QED) is 0.189. The number of aromatic nitrogens is 2. The van der Waals surface area contributed by atoms with Crippen molar-refractivity contribution < 1.29 is 0 Å². The molecule has 8 aromatic rings. The van der Waals surface area contributed by atoms with Gasteiger partial charge in [-0.2, -0.15) is 0 Å². The molecule has 50 heavy (non-hydrogen) atoms. The molecule has 0 unspecified atom stereocenters. The van der Waals surface area contributed by atoms with Crippen LogP contribution in [0.1, 0.15) is 22.3 Å². The molecular formula is C47H30N2S. The van der Waals surface area contributed by atoms with Gasteiger partial charge in [0.25, 0.3) is 0 Å². The van der Waals surface area contributed by atoms with E-state index in [1.54, 1.807) is 0 Å². The highest BCUT2D eigenvalue weighted by molar-refractivity contribution is 7.99. The zero-order valence-corrected chi connectivity index (χ0v) is 27.9. The number of benzene rings is 7. The molecule has 0 amide bonds. The van der Waals surface area contributed by atoms with Crippen LogP contribution in [0.4, 0.5) is 0 Å². The second-order valence-electron chi connectivity index (χ2n) is 12.9. The van der Waals surface area contributed by atoms with Gasteiger partial charge in [-0.1, -0.05) is 176 Å². The van der Waals surface area contributed by atoms with Crippen LogP contribution in [-0.2, 0) is 5.41 Å². The van der Waals surface area contributed by atoms with Crippen LogP contribution in [0.15, 0.2) is 192 Å². The molecule has 7 aromatic carbocycles. The van der Waals surface area contributed by atoms with Gasteiger partial charge in [-0.05, 0) is 62.7 Å². The summed E-state index contributed by atoms with van der Waals surface area (Å²) >= 11 is 1.85. The summed E-state index contributed by atoms with van der Waals surface area (Å²) in [6, 6.07) is 65.4. The van der Waals surface area contributed by atoms with Crippen LogP contribution >= 0.6 is 11.8 Å². The summed E-state index contributed by atoms with van der Waals surface area (Å²) in [5, 5.41) is 0. The number of hydrogen-bond acceptors (Lipinski definition) is 3. The third-order valence-corrected chi connectivity index (χ3v) is 11.3. The van der Waals surface area contributed by atoms with E-state index in [2.05, 4.69) is 176 Å². The molecule has 2 heterocycles. The first-order valence-corrected chi connectivity index (χ1v) is 17.8. The first-order valence-electron chi connectivity index (χ1n) is 17.0. The summed E-state index contributed by atoms with van der Waals surface area (Å²) in [7, 11) is 0. The fraction of sp³-hybridized carbons (Fsp3) is 0.0213. The second-order valence-corrected chi connectivity index (χ2v) is 14.0. The van der Waals surface area contributed by atoms with E-state index < -0.39 is 5.41 Å². The summed E-state index contributed by atoms with van der Waals surface area (Å²) in [6.45, 7) is 0.